The highest BCUT2D eigenvalue weighted by Gasteiger charge is 2.15. The van der Waals surface area contributed by atoms with E-state index < -0.39 is 0 Å². The van der Waals surface area contributed by atoms with Crippen molar-refractivity contribution in [2.24, 2.45) is 0 Å². The van der Waals surface area contributed by atoms with Crippen LogP contribution in [-0.4, -0.2) is 35.6 Å². The summed E-state index contributed by atoms with van der Waals surface area (Å²) in [5.41, 5.74) is 9.23. The summed E-state index contributed by atoms with van der Waals surface area (Å²) in [4.78, 5) is 24.9. The average molecular weight is 524 g/mol. The molecule has 0 bridgehead atoms. The monoisotopic (exact) mass is 523 g/mol. The topological polar surface area (TPSA) is 104 Å². The summed E-state index contributed by atoms with van der Waals surface area (Å²) >= 11 is 0. The molecule has 3 aromatic carbocycles. The second-order valence-corrected chi connectivity index (χ2v) is 9.85. The van der Waals surface area contributed by atoms with E-state index >= 15 is 0 Å². The number of amides is 1. The summed E-state index contributed by atoms with van der Waals surface area (Å²) in [5, 5.41) is 12.9. The van der Waals surface area contributed by atoms with Gasteiger partial charge in [-0.15, -0.1) is 0 Å². The number of aromatic nitrogens is 6. The Morgan fingerprint density at radius 1 is 0.900 bits per heavy atom. The molecule has 0 unspecified atom stereocenters. The van der Waals surface area contributed by atoms with E-state index in [1.165, 1.54) is 0 Å². The number of hydrogen-bond acceptors (Lipinski definition) is 4. The van der Waals surface area contributed by atoms with Crippen molar-refractivity contribution in [1.29, 1.82) is 0 Å². The van der Waals surface area contributed by atoms with Gasteiger partial charge in [0.1, 0.15) is 5.69 Å². The summed E-state index contributed by atoms with van der Waals surface area (Å²) in [7, 11) is 0. The van der Waals surface area contributed by atoms with E-state index in [-0.39, 0.29) is 5.91 Å². The van der Waals surface area contributed by atoms with Gasteiger partial charge in [-0.05, 0) is 54.4 Å². The molecule has 0 aliphatic carbocycles. The zero-order chi connectivity index (χ0) is 27.1. The summed E-state index contributed by atoms with van der Waals surface area (Å²) in [6, 6.07) is 26.1. The maximum absolute atomic E-state index is 12.6. The van der Waals surface area contributed by atoms with Crippen molar-refractivity contribution >= 4 is 33.4 Å². The molecule has 40 heavy (non-hydrogen) atoms. The number of carbonyl (C=O) groups excluding carboxylic acids is 1. The largest absolute Gasteiger partial charge is 0.353 e. The third-order valence-electron chi connectivity index (χ3n) is 7.01. The first-order valence-electron chi connectivity index (χ1n) is 13.0. The highest BCUT2D eigenvalue weighted by molar-refractivity contribution is 5.99. The van der Waals surface area contributed by atoms with E-state index in [2.05, 4.69) is 54.7 Å². The number of aromatic amines is 2. The minimum Gasteiger partial charge on any atom is -0.353 e. The van der Waals surface area contributed by atoms with Gasteiger partial charge in [-0.2, -0.15) is 5.10 Å². The van der Waals surface area contributed by atoms with Gasteiger partial charge in [-0.3, -0.25) is 14.9 Å². The highest BCUT2D eigenvalue weighted by Crippen LogP contribution is 2.33. The molecule has 4 heterocycles. The number of hydrogen-bond donors (Lipinski definition) is 3. The van der Waals surface area contributed by atoms with Crippen LogP contribution in [0.1, 0.15) is 11.3 Å². The zero-order valence-corrected chi connectivity index (χ0v) is 21.7. The Labute approximate surface area is 229 Å². The molecule has 0 atom stereocenters. The predicted molar refractivity (Wildman–Crippen MR) is 157 cm³/mol. The fourth-order valence-electron chi connectivity index (χ4n) is 5.10. The van der Waals surface area contributed by atoms with E-state index in [0.29, 0.717) is 12.1 Å². The highest BCUT2D eigenvalue weighted by atomic mass is 16.1. The Morgan fingerprint density at radius 2 is 1.80 bits per heavy atom. The third-order valence-corrected chi connectivity index (χ3v) is 7.01. The van der Waals surface area contributed by atoms with Crippen molar-refractivity contribution in [2.75, 3.05) is 5.32 Å². The predicted octanol–water partition coefficient (Wildman–Crippen LogP) is 6.45. The first-order valence-corrected chi connectivity index (χ1v) is 13.0. The van der Waals surface area contributed by atoms with Gasteiger partial charge < -0.3 is 14.9 Å². The molecule has 8 heteroatoms. The standard InChI is InChI=1S/C32H25N7O/c1-20-18-39(19-34-20)30-9-5-8-27-25(30)15-29(36-27)32-26-14-22(10-11-28(26)37-38-32)23-13-24(17-33-16-23)35-31(40)12-21-6-3-2-4-7-21/h2-11,13-19,36H,12H2,1H3,(H,35,40)(H,37,38). The van der Waals surface area contributed by atoms with Crippen molar-refractivity contribution in [3.63, 3.8) is 0 Å². The van der Waals surface area contributed by atoms with Gasteiger partial charge in [0.25, 0.3) is 0 Å². The SMILES string of the molecule is Cc1cn(-c2cccc3[nH]c(-c4n[nH]c5ccc(-c6cncc(NC(=O)Cc7ccccc7)c6)cc45)cc23)cn1. The Balaban J connectivity index is 1.21. The average Bonchev–Trinajstić information content (AvgIpc) is 3.71. The number of rotatable bonds is 6. The number of fused-ring (bicyclic) bond motifs is 2. The van der Waals surface area contributed by atoms with Crippen LogP contribution in [0, 0.1) is 6.92 Å². The minimum absolute atomic E-state index is 0.0817. The van der Waals surface area contributed by atoms with Crippen LogP contribution in [-0.2, 0) is 11.2 Å². The van der Waals surface area contributed by atoms with E-state index in [4.69, 9.17) is 0 Å². The molecule has 0 saturated heterocycles. The minimum atomic E-state index is -0.0817. The van der Waals surface area contributed by atoms with Crippen LogP contribution in [0.5, 0.6) is 0 Å². The molecule has 7 rings (SSSR count). The molecule has 0 aliphatic rings. The first-order chi connectivity index (χ1) is 19.6. The number of carbonyl (C=O) groups is 1. The smallest absolute Gasteiger partial charge is 0.228 e. The Kier molecular flexibility index (Phi) is 5.70. The van der Waals surface area contributed by atoms with Gasteiger partial charge in [0.15, 0.2) is 0 Å². The number of nitrogens with one attached hydrogen (secondary N) is 3. The molecular formula is C32H25N7O. The number of nitrogens with zero attached hydrogens (tertiary/aromatic N) is 4. The van der Waals surface area contributed by atoms with Crippen molar-refractivity contribution in [3.05, 3.63) is 115 Å². The van der Waals surface area contributed by atoms with Crippen LogP contribution in [0.4, 0.5) is 5.69 Å². The molecule has 0 fully saturated rings. The molecular weight excluding hydrogens is 498 g/mol. The molecule has 0 aliphatic heterocycles. The molecule has 7 aromatic rings. The first kappa shape index (κ1) is 23.6. The Hall–Kier alpha value is -5.50. The molecule has 3 N–H and O–H groups in total. The quantitative estimate of drug-likeness (QED) is 0.233. The van der Waals surface area contributed by atoms with Gasteiger partial charge in [-0.25, -0.2) is 4.98 Å². The molecule has 1 amide bonds. The van der Waals surface area contributed by atoms with Crippen LogP contribution >= 0.6 is 0 Å². The Morgan fingerprint density at radius 3 is 2.65 bits per heavy atom. The fraction of sp³-hybridized carbons (Fsp3) is 0.0625. The van der Waals surface area contributed by atoms with Gasteiger partial charge in [0.05, 0.1) is 47.2 Å². The summed E-state index contributed by atoms with van der Waals surface area (Å²) in [6.45, 7) is 1.98. The molecule has 194 valence electrons. The fourth-order valence-corrected chi connectivity index (χ4v) is 5.10. The van der Waals surface area contributed by atoms with Crippen molar-refractivity contribution in [1.82, 2.24) is 29.7 Å². The maximum atomic E-state index is 12.6. The zero-order valence-electron chi connectivity index (χ0n) is 21.7. The lowest BCUT2D eigenvalue weighted by Gasteiger charge is -2.08. The summed E-state index contributed by atoms with van der Waals surface area (Å²) in [5.74, 6) is -0.0817. The van der Waals surface area contributed by atoms with Crippen LogP contribution in [0.25, 0.3) is 50.0 Å². The Bertz CT molecular complexity index is 2000. The maximum Gasteiger partial charge on any atom is 0.228 e. The summed E-state index contributed by atoms with van der Waals surface area (Å²) in [6.07, 6.45) is 7.62. The lowest BCUT2D eigenvalue weighted by molar-refractivity contribution is -0.115. The van der Waals surface area contributed by atoms with Gasteiger partial charge in [-0.1, -0.05) is 42.5 Å². The number of imidazole rings is 1. The van der Waals surface area contributed by atoms with Gasteiger partial charge in [0, 0.05) is 34.2 Å². The van der Waals surface area contributed by atoms with Crippen LogP contribution < -0.4 is 5.32 Å². The summed E-state index contributed by atoms with van der Waals surface area (Å²) < 4.78 is 2.04. The van der Waals surface area contributed by atoms with Crippen molar-refractivity contribution in [3.8, 4) is 28.2 Å². The number of H-pyrrole nitrogens is 2. The third kappa shape index (κ3) is 4.41. The second kappa shape index (κ2) is 9.67. The lowest BCUT2D eigenvalue weighted by Crippen LogP contribution is -2.14. The number of anilines is 1. The van der Waals surface area contributed by atoms with Crippen LogP contribution in [0.2, 0.25) is 0 Å². The second-order valence-electron chi connectivity index (χ2n) is 9.85. The van der Waals surface area contributed by atoms with E-state index in [1.54, 1.807) is 12.4 Å². The van der Waals surface area contributed by atoms with Gasteiger partial charge in [0.2, 0.25) is 5.91 Å². The molecule has 0 saturated carbocycles. The normalized spacial score (nSPS) is 11.3. The number of pyridine rings is 1. The van der Waals surface area contributed by atoms with Crippen molar-refractivity contribution < 1.29 is 4.79 Å². The molecule has 0 spiro atoms. The molecule has 4 aromatic heterocycles. The van der Waals surface area contributed by atoms with Gasteiger partial charge >= 0.3 is 0 Å². The van der Waals surface area contributed by atoms with E-state index in [0.717, 1.165) is 61.3 Å². The van der Waals surface area contributed by atoms with E-state index in [9.17, 15) is 4.79 Å². The van der Waals surface area contributed by atoms with E-state index in [1.807, 2.05) is 78.6 Å². The van der Waals surface area contributed by atoms with Crippen LogP contribution in [0.3, 0.4) is 0 Å². The number of aryl methyl sites for hydroxylation is 1. The van der Waals surface area contributed by atoms with Crippen molar-refractivity contribution in [2.45, 2.75) is 13.3 Å². The molecule has 0 radical (unpaired) electrons. The van der Waals surface area contributed by atoms with Crippen LogP contribution in [0.15, 0.2) is 104 Å². The molecule has 8 nitrogen and oxygen atoms in total. The lowest BCUT2D eigenvalue weighted by atomic mass is 10.0. The number of benzene rings is 3.